The number of aryl methyl sites for hydroxylation is 1. The maximum absolute atomic E-state index is 11.3. The molecule has 0 spiro atoms. The first-order valence-electron chi connectivity index (χ1n) is 5.02. The quantitative estimate of drug-likeness (QED) is 0.741. The molecule has 0 radical (unpaired) electrons. The zero-order valence-electron chi connectivity index (χ0n) is 9.21. The van der Waals surface area contributed by atoms with Gasteiger partial charge in [0, 0.05) is 18.8 Å². The minimum absolute atomic E-state index is 0.185. The first kappa shape index (κ1) is 11.4. The third kappa shape index (κ3) is 2.35. The van der Waals surface area contributed by atoms with Crippen molar-refractivity contribution in [3.8, 4) is 0 Å². The Balaban J connectivity index is 1.90. The highest BCUT2D eigenvalue weighted by Crippen LogP contribution is 2.27. The molecule has 1 saturated heterocycles. The van der Waals surface area contributed by atoms with Crippen molar-refractivity contribution < 1.29 is 9.53 Å². The molecule has 1 aromatic rings. The lowest BCUT2D eigenvalue weighted by Gasteiger charge is -2.07. The largest absolute Gasteiger partial charge is 0.468 e. The van der Waals surface area contributed by atoms with Crippen LogP contribution in [-0.2, 0) is 16.6 Å². The Morgan fingerprint density at radius 3 is 3.19 bits per heavy atom. The molecule has 88 valence electrons. The van der Waals surface area contributed by atoms with Crippen molar-refractivity contribution in [3.05, 3.63) is 6.33 Å². The summed E-state index contributed by atoms with van der Waals surface area (Å²) >= 11 is 1.64. The van der Waals surface area contributed by atoms with Crippen LogP contribution in [0.2, 0.25) is 0 Å². The smallest absolute Gasteiger partial charge is 0.322 e. The lowest BCUT2D eigenvalue weighted by Crippen LogP contribution is -2.31. The Hall–Kier alpha value is -1.08. The van der Waals surface area contributed by atoms with E-state index in [1.807, 2.05) is 11.6 Å². The van der Waals surface area contributed by atoms with E-state index in [0.29, 0.717) is 5.25 Å². The number of aromatic nitrogens is 3. The minimum atomic E-state index is -0.193. The van der Waals surface area contributed by atoms with Crippen molar-refractivity contribution in [2.45, 2.75) is 22.9 Å². The van der Waals surface area contributed by atoms with Gasteiger partial charge in [-0.3, -0.25) is 4.79 Å². The van der Waals surface area contributed by atoms with Crippen LogP contribution >= 0.6 is 11.8 Å². The molecule has 2 rings (SSSR count). The van der Waals surface area contributed by atoms with E-state index < -0.39 is 0 Å². The normalized spacial score (nSPS) is 24.6. The number of ether oxygens (including phenoxy) is 1. The molecule has 0 aliphatic carbocycles. The fraction of sp³-hybridized carbons (Fsp3) is 0.667. The Labute approximate surface area is 97.8 Å². The number of thioether (sulfide) groups is 1. The first-order valence-corrected chi connectivity index (χ1v) is 5.90. The number of nitrogens with zero attached hydrogens (tertiary/aromatic N) is 3. The van der Waals surface area contributed by atoms with Crippen molar-refractivity contribution in [2.24, 2.45) is 7.05 Å². The van der Waals surface area contributed by atoms with Gasteiger partial charge in [-0.25, -0.2) is 0 Å². The Morgan fingerprint density at radius 2 is 2.56 bits per heavy atom. The molecule has 1 aromatic heterocycles. The van der Waals surface area contributed by atoms with Crippen molar-refractivity contribution in [2.75, 3.05) is 13.7 Å². The Morgan fingerprint density at radius 1 is 1.75 bits per heavy atom. The summed E-state index contributed by atoms with van der Waals surface area (Å²) in [6.07, 6.45) is 2.44. The second-order valence-corrected chi connectivity index (χ2v) is 4.95. The van der Waals surface area contributed by atoms with Crippen LogP contribution in [0.1, 0.15) is 6.42 Å². The lowest BCUT2D eigenvalue weighted by molar-refractivity contribution is -0.142. The average Bonchev–Trinajstić information content (AvgIpc) is 2.89. The standard InChI is InChI=1S/C9H14N4O2S/c1-13-5-11-12-9(13)16-6-3-7(10-4-6)8(14)15-2/h5-7,10H,3-4H2,1-2H3/t6-,7-/m1/s1. The molecule has 2 atom stereocenters. The number of carbonyl (C=O) groups is 1. The molecular formula is C9H14N4O2S. The summed E-state index contributed by atoms with van der Waals surface area (Å²) in [6, 6.07) is -0.185. The summed E-state index contributed by atoms with van der Waals surface area (Å²) in [5.41, 5.74) is 0. The van der Waals surface area contributed by atoms with E-state index in [2.05, 4.69) is 15.5 Å². The highest BCUT2D eigenvalue weighted by atomic mass is 32.2. The number of hydrogen-bond acceptors (Lipinski definition) is 6. The van der Waals surface area contributed by atoms with Gasteiger partial charge >= 0.3 is 5.97 Å². The minimum Gasteiger partial charge on any atom is -0.468 e. The third-order valence-corrected chi connectivity index (χ3v) is 3.79. The van der Waals surface area contributed by atoms with Gasteiger partial charge in [-0.2, -0.15) is 0 Å². The number of methoxy groups -OCH3 is 1. The topological polar surface area (TPSA) is 69.0 Å². The molecule has 7 heteroatoms. The average molecular weight is 242 g/mol. The van der Waals surface area contributed by atoms with Gasteiger partial charge in [0.05, 0.1) is 7.11 Å². The van der Waals surface area contributed by atoms with Crippen LogP contribution < -0.4 is 5.32 Å². The van der Waals surface area contributed by atoms with E-state index in [4.69, 9.17) is 4.74 Å². The number of rotatable bonds is 3. The summed E-state index contributed by atoms with van der Waals surface area (Å²) in [5, 5.41) is 12.2. The van der Waals surface area contributed by atoms with Crippen molar-refractivity contribution in [3.63, 3.8) is 0 Å². The molecule has 0 aromatic carbocycles. The summed E-state index contributed by atoms with van der Waals surface area (Å²) in [4.78, 5) is 11.3. The summed E-state index contributed by atoms with van der Waals surface area (Å²) in [6.45, 7) is 0.789. The second-order valence-electron chi connectivity index (χ2n) is 3.68. The van der Waals surface area contributed by atoms with Gasteiger partial charge in [-0.15, -0.1) is 10.2 Å². The molecule has 1 fully saturated rings. The van der Waals surface area contributed by atoms with E-state index in [1.165, 1.54) is 7.11 Å². The fourth-order valence-electron chi connectivity index (χ4n) is 1.64. The van der Waals surface area contributed by atoms with Crippen LogP contribution in [0, 0.1) is 0 Å². The SMILES string of the molecule is COC(=O)[C@H]1C[C@@H](Sc2nncn2C)CN1. The number of carbonyl (C=O) groups excluding carboxylic acids is 1. The maximum Gasteiger partial charge on any atom is 0.322 e. The molecule has 0 saturated carbocycles. The van der Waals surface area contributed by atoms with Gasteiger partial charge < -0.3 is 14.6 Å². The lowest BCUT2D eigenvalue weighted by atomic mass is 10.2. The predicted octanol–water partition coefficient (Wildman–Crippen LogP) is -0.189. The number of hydrogen-bond donors (Lipinski definition) is 1. The monoisotopic (exact) mass is 242 g/mol. The summed E-state index contributed by atoms with van der Waals surface area (Å²) in [5.74, 6) is -0.193. The van der Waals surface area contributed by atoms with Gasteiger partial charge in [0.1, 0.15) is 12.4 Å². The van der Waals surface area contributed by atoms with Crippen LogP contribution in [0.15, 0.2) is 11.5 Å². The first-order chi connectivity index (χ1) is 7.70. The molecule has 1 N–H and O–H groups in total. The summed E-state index contributed by atoms with van der Waals surface area (Å²) in [7, 11) is 3.32. The molecule has 16 heavy (non-hydrogen) atoms. The van der Waals surface area contributed by atoms with Crippen molar-refractivity contribution >= 4 is 17.7 Å². The molecule has 1 aliphatic rings. The predicted molar refractivity (Wildman–Crippen MR) is 59.1 cm³/mol. The van der Waals surface area contributed by atoms with Gasteiger partial charge in [0.25, 0.3) is 0 Å². The van der Waals surface area contributed by atoms with Crippen LogP contribution in [0.4, 0.5) is 0 Å². The van der Waals surface area contributed by atoms with E-state index in [9.17, 15) is 4.79 Å². The van der Waals surface area contributed by atoms with E-state index in [-0.39, 0.29) is 12.0 Å². The third-order valence-electron chi connectivity index (χ3n) is 2.52. The van der Waals surface area contributed by atoms with E-state index in [1.54, 1.807) is 18.1 Å². The van der Waals surface area contributed by atoms with Crippen LogP contribution in [0.3, 0.4) is 0 Å². The van der Waals surface area contributed by atoms with Crippen LogP contribution in [-0.4, -0.2) is 45.7 Å². The van der Waals surface area contributed by atoms with Gasteiger partial charge in [0.15, 0.2) is 5.16 Å². The molecule has 0 amide bonds. The van der Waals surface area contributed by atoms with E-state index in [0.717, 1.165) is 18.1 Å². The molecule has 0 bridgehead atoms. The van der Waals surface area contributed by atoms with Crippen LogP contribution in [0.5, 0.6) is 0 Å². The Kier molecular flexibility index (Phi) is 3.45. The van der Waals surface area contributed by atoms with Crippen LogP contribution in [0.25, 0.3) is 0 Å². The van der Waals surface area contributed by atoms with E-state index >= 15 is 0 Å². The van der Waals surface area contributed by atoms with Crippen molar-refractivity contribution in [1.29, 1.82) is 0 Å². The zero-order valence-corrected chi connectivity index (χ0v) is 10.0. The number of nitrogens with one attached hydrogen (secondary N) is 1. The highest BCUT2D eigenvalue weighted by molar-refractivity contribution is 7.99. The number of esters is 1. The van der Waals surface area contributed by atoms with Gasteiger partial charge in [-0.1, -0.05) is 11.8 Å². The Bertz CT molecular complexity index is 381. The van der Waals surface area contributed by atoms with Gasteiger partial charge in [-0.05, 0) is 6.42 Å². The second kappa shape index (κ2) is 4.84. The van der Waals surface area contributed by atoms with Crippen molar-refractivity contribution in [1.82, 2.24) is 20.1 Å². The molecule has 0 unspecified atom stereocenters. The molecular weight excluding hydrogens is 228 g/mol. The maximum atomic E-state index is 11.3. The highest BCUT2D eigenvalue weighted by Gasteiger charge is 2.31. The fourth-order valence-corrected chi connectivity index (χ4v) is 2.72. The summed E-state index contributed by atoms with van der Waals surface area (Å²) < 4.78 is 6.57. The molecule has 2 heterocycles. The van der Waals surface area contributed by atoms with Gasteiger partial charge in [0.2, 0.25) is 0 Å². The molecule has 6 nitrogen and oxygen atoms in total. The molecule has 1 aliphatic heterocycles. The zero-order chi connectivity index (χ0) is 11.5.